The van der Waals surface area contributed by atoms with Gasteiger partial charge in [0.25, 0.3) is 0 Å². The molecule has 4 N–H and O–H groups in total. The lowest BCUT2D eigenvalue weighted by molar-refractivity contribution is -0.115. The fraction of sp³-hybridized carbons (Fsp3) is 0.200. The topological polar surface area (TPSA) is 84.2 Å². The van der Waals surface area contributed by atoms with E-state index in [0.29, 0.717) is 12.1 Å². The fourth-order valence-corrected chi connectivity index (χ4v) is 1.52. The van der Waals surface area contributed by atoms with Crippen LogP contribution in [0.25, 0.3) is 0 Å². The van der Waals surface area contributed by atoms with E-state index in [0.717, 1.165) is 11.3 Å². The largest absolute Gasteiger partial charge is 0.366 e. The van der Waals surface area contributed by atoms with Gasteiger partial charge in [-0.15, -0.1) is 0 Å². The lowest BCUT2D eigenvalue weighted by Gasteiger charge is -2.06. The Balaban J connectivity index is 2.40. The van der Waals surface area contributed by atoms with E-state index >= 15 is 0 Å². The van der Waals surface area contributed by atoms with Crippen molar-refractivity contribution in [1.29, 1.82) is 0 Å². The van der Waals surface area contributed by atoms with Crippen LogP contribution in [0.1, 0.15) is 15.9 Å². The molecule has 0 atom stereocenters. The van der Waals surface area contributed by atoms with Crippen molar-refractivity contribution in [2.24, 2.45) is 5.73 Å². The van der Waals surface area contributed by atoms with E-state index in [9.17, 15) is 9.59 Å². The Morgan fingerprint density at radius 2 is 2.13 bits per heavy atom. The average Bonchev–Trinajstić information content (AvgIpc) is 2.37. The first-order valence-corrected chi connectivity index (χ1v) is 4.60. The highest BCUT2D eigenvalue weighted by molar-refractivity contribution is 5.96. The van der Waals surface area contributed by atoms with Crippen LogP contribution < -0.4 is 16.4 Å². The van der Waals surface area contributed by atoms with Gasteiger partial charge in [0, 0.05) is 17.8 Å². The molecule has 0 bridgehead atoms. The quantitative estimate of drug-likeness (QED) is 0.595. The number of rotatable bonds is 1. The van der Waals surface area contributed by atoms with E-state index in [4.69, 9.17) is 5.73 Å². The van der Waals surface area contributed by atoms with Crippen LogP contribution >= 0.6 is 0 Å². The summed E-state index contributed by atoms with van der Waals surface area (Å²) >= 11 is 0. The van der Waals surface area contributed by atoms with Crippen molar-refractivity contribution in [3.05, 3.63) is 29.3 Å². The molecule has 0 saturated heterocycles. The summed E-state index contributed by atoms with van der Waals surface area (Å²) in [7, 11) is 0. The monoisotopic (exact) mass is 205 g/mol. The summed E-state index contributed by atoms with van der Waals surface area (Å²) in [4.78, 5) is 22.2. The van der Waals surface area contributed by atoms with Crippen LogP contribution in [0.3, 0.4) is 0 Å². The third-order valence-corrected chi connectivity index (χ3v) is 2.26. The lowest BCUT2D eigenvalue weighted by atomic mass is 10.1. The predicted molar refractivity (Wildman–Crippen MR) is 55.3 cm³/mol. The summed E-state index contributed by atoms with van der Waals surface area (Å²) in [6, 6.07) is 4.99. The van der Waals surface area contributed by atoms with E-state index in [1.165, 1.54) is 0 Å². The molecule has 2 rings (SSSR count). The number of benzene rings is 1. The first-order valence-electron chi connectivity index (χ1n) is 4.60. The summed E-state index contributed by atoms with van der Waals surface area (Å²) in [5.74, 6) is -0.547. The van der Waals surface area contributed by atoms with Gasteiger partial charge in [-0.2, -0.15) is 0 Å². The number of carbonyl (C=O) groups is 2. The van der Waals surface area contributed by atoms with E-state index in [1.807, 2.05) is 0 Å². The van der Waals surface area contributed by atoms with Gasteiger partial charge < -0.3 is 16.4 Å². The van der Waals surface area contributed by atoms with E-state index in [1.54, 1.807) is 18.2 Å². The molecule has 5 heteroatoms. The fourth-order valence-electron chi connectivity index (χ4n) is 1.52. The third-order valence-electron chi connectivity index (χ3n) is 2.26. The van der Waals surface area contributed by atoms with Crippen molar-refractivity contribution >= 4 is 17.5 Å². The molecule has 0 saturated carbocycles. The molecular weight excluding hydrogens is 194 g/mol. The maximum atomic E-state index is 11.2. The Hall–Kier alpha value is -1.88. The number of amides is 2. The zero-order chi connectivity index (χ0) is 10.8. The van der Waals surface area contributed by atoms with E-state index < -0.39 is 5.91 Å². The zero-order valence-corrected chi connectivity index (χ0v) is 8.04. The van der Waals surface area contributed by atoms with Gasteiger partial charge in [-0.3, -0.25) is 9.59 Å². The number of fused-ring (bicyclic) bond motifs is 1. The van der Waals surface area contributed by atoms with Crippen molar-refractivity contribution < 1.29 is 9.59 Å². The van der Waals surface area contributed by atoms with Gasteiger partial charge in [0.15, 0.2) is 0 Å². The van der Waals surface area contributed by atoms with Crippen LogP contribution in [0.15, 0.2) is 18.2 Å². The minimum absolute atomic E-state index is 0.0828. The van der Waals surface area contributed by atoms with Crippen molar-refractivity contribution in [3.63, 3.8) is 0 Å². The average molecular weight is 205 g/mol. The molecule has 1 heterocycles. The predicted octanol–water partition coefficient (Wildman–Crippen LogP) is -0.173. The first kappa shape index (κ1) is 9.67. The van der Waals surface area contributed by atoms with Gasteiger partial charge in [0.1, 0.15) is 0 Å². The molecule has 78 valence electrons. The zero-order valence-electron chi connectivity index (χ0n) is 8.04. The van der Waals surface area contributed by atoms with E-state index in [-0.39, 0.29) is 12.5 Å². The van der Waals surface area contributed by atoms with Gasteiger partial charge >= 0.3 is 0 Å². The Labute approximate surface area is 86.6 Å². The van der Waals surface area contributed by atoms with Crippen molar-refractivity contribution in [2.45, 2.75) is 6.54 Å². The number of primary amides is 1. The van der Waals surface area contributed by atoms with Crippen LogP contribution in [0.5, 0.6) is 0 Å². The SMILES string of the molecule is NC(=O)c1ccc2c(c1)CNCC(=O)N2. The molecule has 0 aromatic heterocycles. The number of hydrogen-bond acceptors (Lipinski definition) is 3. The van der Waals surface area contributed by atoms with E-state index in [2.05, 4.69) is 10.6 Å². The highest BCUT2D eigenvalue weighted by Gasteiger charge is 2.13. The number of hydrogen-bond donors (Lipinski definition) is 3. The molecule has 2 amide bonds. The molecule has 1 aliphatic heterocycles. The van der Waals surface area contributed by atoms with Crippen LogP contribution in [0, 0.1) is 0 Å². The smallest absolute Gasteiger partial charge is 0.248 e. The third kappa shape index (κ3) is 1.97. The first-order chi connectivity index (χ1) is 7.16. The molecule has 1 aromatic rings. The normalized spacial score (nSPS) is 15.1. The van der Waals surface area contributed by atoms with Gasteiger partial charge in [-0.1, -0.05) is 0 Å². The lowest BCUT2D eigenvalue weighted by Crippen LogP contribution is -2.23. The Kier molecular flexibility index (Phi) is 2.39. The Morgan fingerprint density at radius 1 is 1.33 bits per heavy atom. The maximum Gasteiger partial charge on any atom is 0.248 e. The van der Waals surface area contributed by atoms with Crippen molar-refractivity contribution in [2.75, 3.05) is 11.9 Å². The molecule has 0 fully saturated rings. The van der Waals surface area contributed by atoms with Crippen LogP contribution in [0.4, 0.5) is 5.69 Å². The Morgan fingerprint density at radius 3 is 2.87 bits per heavy atom. The van der Waals surface area contributed by atoms with Crippen molar-refractivity contribution in [3.8, 4) is 0 Å². The molecule has 15 heavy (non-hydrogen) atoms. The molecular formula is C10H11N3O2. The summed E-state index contributed by atoms with van der Waals surface area (Å²) < 4.78 is 0. The molecule has 0 aliphatic carbocycles. The second-order valence-corrected chi connectivity index (χ2v) is 3.39. The second kappa shape index (κ2) is 3.70. The summed E-state index contributed by atoms with van der Waals surface area (Å²) in [6.07, 6.45) is 0. The Bertz CT molecular complexity index is 429. The van der Waals surface area contributed by atoms with Gasteiger partial charge in [-0.25, -0.2) is 0 Å². The number of carbonyl (C=O) groups excluding carboxylic acids is 2. The minimum atomic E-state index is -0.464. The molecule has 0 unspecified atom stereocenters. The van der Waals surface area contributed by atoms with Gasteiger partial charge in [0.2, 0.25) is 11.8 Å². The molecule has 1 aliphatic rings. The molecule has 0 radical (unpaired) electrons. The summed E-state index contributed by atoms with van der Waals surface area (Å²) in [5, 5.41) is 5.69. The number of nitrogens with one attached hydrogen (secondary N) is 2. The van der Waals surface area contributed by atoms with Gasteiger partial charge in [0.05, 0.1) is 6.54 Å². The van der Waals surface area contributed by atoms with Crippen LogP contribution in [0.2, 0.25) is 0 Å². The van der Waals surface area contributed by atoms with Crippen LogP contribution in [-0.2, 0) is 11.3 Å². The van der Waals surface area contributed by atoms with Crippen molar-refractivity contribution in [1.82, 2.24) is 5.32 Å². The number of nitrogens with two attached hydrogens (primary N) is 1. The number of anilines is 1. The van der Waals surface area contributed by atoms with Crippen LogP contribution in [-0.4, -0.2) is 18.4 Å². The highest BCUT2D eigenvalue weighted by Crippen LogP contribution is 2.18. The summed E-state index contributed by atoms with van der Waals surface area (Å²) in [6.45, 7) is 0.829. The molecule has 1 aromatic carbocycles. The van der Waals surface area contributed by atoms with Gasteiger partial charge in [-0.05, 0) is 23.8 Å². The maximum absolute atomic E-state index is 11.2. The molecule has 5 nitrogen and oxygen atoms in total. The second-order valence-electron chi connectivity index (χ2n) is 3.39. The summed E-state index contributed by atoms with van der Waals surface area (Å²) in [5.41, 5.74) is 7.22. The highest BCUT2D eigenvalue weighted by atomic mass is 16.2. The molecule has 0 spiro atoms. The standard InChI is InChI=1S/C10H11N3O2/c11-10(15)6-1-2-8-7(3-6)4-12-5-9(14)13-8/h1-3,12H,4-5H2,(H2,11,15)(H,13,14). The minimum Gasteiger partial charge on any atom is -0.366 e.